The minimum atomic E-state index is -4.51. The number of phosphoric acid groups is 1. The Morgan fingerprint density at radius 3 is 1.84 bits per heavy atom. The molecule has 452 valence electrons. The van der Waals surface area contributed by atoms with Crippen molar-refractivity contribution in [3.63, 3.8) is 0 Å². The van der Waals surface area contributed by atoms with E-state index in [1.807, 2.05) is 156 Å². The van der Waals surface area contributed by atoms with E-state index in [2.05, 4.69) is 15.3 Å². The molecule has 0 aromatic heterocycles. The molecule has 2 fully saturated rings. The molecule has 0 bridgehead atoms. The number of carbonyl (C=O) groups excluding carboxylic acids is 3. The average Bonchev–Trinajstić information content (AvgIpc) is 3.17. The van der Waals surface area contributed by atoms with Crippen molar-refractivity contribution < 1.29 is 79.9 Å². The van der Waals surface area contributed by atoms with Crippen LogP contribution in [-0.4, -0.2) is 118 Å². The van der Waals surface area contributed by atoms with Crippen LogP contribution in [0.4, 0.5) is 0 Å². The summed E-state index contributed by atoms with van der Waals surface area (Å²) in [5.41, 5.74) is 14.2. The van der Waals surface area contributed by atoms with Gasteiger partial charge >= 0.3 is 19.8 Å². The third-order valence-corrected chi connectivity index (χ3v) is 21.0. The maximum Gasteiger partial charge on any atom is 0.475 e. The van der Waals surface area contributed by atoms with Gasteiger partial charge in [-0.05, 0) is 64.3 Å². The Labute approximate surface area is 487 Å². The summed E-state index contributed by atoms with van der Waals surface area (Å²) in [5, 5.41) is 19.4. The summed E-state index contributed by atoms with van der Waals surface area (Å²) < 4.78 is 91.0. The first kappa shape index (κ1) is 65.2. The van der Waals surface area contributed by atoms with Crippen LogP contribution < -0.4 is 5.32 Å². The van der Waals surface area contributed by atoms with Crippen molar-refractivity contribution in [2.45, 2.75) is 198 Å². The monoisotopic (exact) mass is 1190 g/mol. The lowest BCUT2D eigenvalue weighted by atomic mass is 9.95. The molecule has 0 radical (unpaired) electrons. The molecular weight excluding hydrogens is 1110 g/mol. The number of aliphatic hydroxyl groups excluding tert-OH is 1. The van der Waals surface area contributed by atoms with Gasteiger partial charge in [-0.25, -0.2) is 4.57 Å². The average molecular weight is 1190 g/mol. The summed E-state index contributed by atoms with van der Waals surface area (Å²) >= 11 is 0. The Balaban J connectivity index is 1.25. The molecule has 21 nitrogen and oxygen atoms in total. The first-order chi connectivity index (χ1) is 39.8. The van der Waals surface area contributed by atoms with Crippen molar-refractivity contribution in [1.29, 1.82) is 0 Å². The van der Waals surface area contributed by atoms with Crippen LogP contribution in [0.15, 0.2) is 120 Å². The van der Waals surface area contributed by atoms with E-state index >= 15 is 0 Å². The van der Waals surface area contributed by atoms with Crippen molar-refractivity contribution in [2.75, 3.05) is 13.2 Å². The number of hydrogen-bond acceptors (Lipinski definition) is 18. The van der Waals surface area contributed by atoms with Crippen LogP contribution in [0.2, 0.25) is 18.1 Å². The zero-order valence-corrected chi connectivity index (χ0v) is 50.5. The summed E-state index contributed by atoms with van der Waals surface area (Å²) in [5.74, 6) is -1.83. The number of aliphatic hydroxyl groups is 1. The number of phosphoric ester groups is 1. The SMILES string of the molecule is CCC(=O)O[C@H](CC)CC(=O)NC1[C@H](OCC2OC(O[Si](C)(C)C(C)(C)C)C(N=[N+]=[N-])[C@@H](OC(=O)C[C@@H](CC)OCc3ccccc3)[C@@H]2OCc2ccccc2)OC(COCc2ccccc2)[C@@H](OP2(=O)OCc3ccccc3CO2)[C@@H]1O. The molecule has 7 rings (SSSR count). The van der Waals surface area contributed by atoms with Gasteiger partial charge in [-0.2, -0.15) is 0 Å². The van der Waals surface area contributed by atoms with Gasteiger partial charge < -0.3 is 52.7 Å². The lowest BCUT2D eigenvalue weighted by Crippen LogP contribution is -2.66. The molecule has 3 aliphatic heterocycles. The van der Waals surface area contributed by atoms with Gasteiger partial charge in [-0.15, -0.1) is 0 Å². The maximum absolute atomic E-state index is 14.6. The maximum atomic E-state index is 14.6. The van der Waals surface area contributed by atoms with Gasteiger partial charge in [-0.1, -0.05) is 162 Å². The number of nitrogens with zero attached hydrogens (tertiary/aromatic N) is 3. The normalized spacial score (nSPS) is 25.1. The van der Waals surface area contributed by atoms with E-state index in [0.717, 1.165) is 27.8 Å². The zero-order valence-electron chi connectivity index (χ0n) is 48.7. The fourth-order valence-electron chi connectivity index (χ4n) is 9.28. The Morgan fingerprint density at radius 2 is 1.28 bits per heavy atom. The molecule has 83 heavy (non-hydrogen) atoms. The van der Waals surface area contributed by atoms with E-state index in [1.165, 1.54) is 0 Å². The van der Waals surface area contributed by atoms with Gasteiger partial charge in [0.05, 0.1) is 65.2 Å². The summed E-state index contributed by atoms with van der Waals surface area (Å²) in [7, 11) is -7.33. The first-order valence-corrected chi connectivity index (χ1v) is 32.8. The number of azide groups is 1. The van der Waals surface area contributed by atoms with Crippen molar-refractivity contribution in [2.24, 2.45) is 5.11 Å². The Kier molecular flexibility index (Phi) is 24.4. The molecule has 2 N–H and O–H groups in total. The lowest BCUT2D eigenvalue weighted by molar-refractivity contribution is -0.300. The van der Waals surface area contributed by atoms with Gasteiger partial charge in [0.15, 0.2) is 20.9 Å². The van der Waals surface area contributed by atoms with Crippen LogP contribution >= 0.6 is 7.82 Å². The van der Waals surface area contributed by atoms with Crippen LogP contribution in [0.25, 0.3) is 10.4 Å². The van der Waals surface area contributed by atoms with Crippen molar-refractivity contribution in [1.82, 2.24) is 5.32 Å². The molecule has 1 amide bonds. The standard InChI is InChI=1S/C60H81N4O17PSi/c1-9-45(71-34-41-25-17-13-18-26-41)32-51(67)79-57-53(63-64-61)59(81-83(7,8)60(4,5)6)78-48(56(57)72-35-42-27-19-14-20-28-42)39-73-58-52(62-49(65)31-46(10-2)76-50(66)11-3)54(68)55(47(77-58)38-70-33-40-23-15-12-16-24-40)80-82(69)74-36-43-29-21-22-30-44(43)37-75-82/h12-30,45-48,52-59,68H,9-11,31-39H2,1-8H3,(H,62,65)/t45-,46-,47?,48?,52?,53?,54-,55-,56-,57-,58-,59?/m1/s1. The minimum absolute atomic E-state index is 0.0262. The van der Waals surface area contributed by atoms with Crippen molar-refractivity contribution in [3.8, 4) is 0 Å². The predicted molar refractivity (Wildman–Crippen MR) is 307 cm³/mol. The van der Waals surface area contributed by atoms with Gasteiger partial charge in [0.1, 0.15) is 54.8 Å². The molecule has 5 unspecified atom stereocenters. The Morgan fingerprint density at radius 1 is 0.723 bits per heavy atom. The molecule has 2 saturated heterocycles. The summed E-state index contributed by atoms with van der Waals surface area (Å²) in [6, 6.07) is 32.6. The smallest absolute Gasteiger partial charge is 0.462 e. The predicted octanol–water partition coefficient (Wildman–Crippen LogP) is 10.5. The van der Waals surface area contributed by atoms with Crippen LogP contribution in [0, 0.1) is 0 Å². The zero-order chi connectivity index (χ0) is 59.6. The number of hydrogen-bond donors (Lipinski definition) is 2. The van der Waals surface area contributed by atoms with E-state index in [-0.39, 0.29) is 63.9 Å². The largest absolute Gasteiger partial charge is 0.475 e. The molecular formula is C60H81N4O17PSi. The quantitative estimate of drug-likeness (QED) is 0.0134. The summed E-state index contributed by atoms with van der Waals surface area (Å²) in [6.07, 6.45) is -12.3. The highest BCUT2D eigenvalue weighted by atomic mass is 31.2. The second kappa shape index (κ2) is 31.1. The summed E-state index contributed by atoms with van der Waals surface area (Å²) in [4.78, 5) is 44.3. The fraction of sp³-hybridized carbons (Fsp3) is 0.550. The molecule has 0 saturated carbocycles. The van der Waals surface area contributed by atoms with Crippen LogP contribution in [0.1, 0.15) is 101 Å². The number of amides is 1. The number of nitrogens with one attached hydrogen (secondary N) is 1. The highest BCUT2D eigenvalue weighted by Crippen LogP contribution is 2.55. The van der Waals surface area contributed by atoms with Gasteiger partial charge in [0, 0.05) is 11.3 Å². The van der Waals surface area contributed by atoms with E-state index in [4.69, 9.17) is 55.9 Å². The number of rotatable bonds is 28. The number of ether oxygens (including phenoxy) is 8. The van der Waals surface area contributed by atoms with Crippen molar-refractivity contribution in [3.05, 3.63) is 154 Å². The molecule has 4 aromatic carbocycles. The number of fused-ring (bicyclic) bond motifs is 1. The number of benzene rings is 4. The number of carbonyl (C=O) groups is 3. The molecule has 3 aliphatic rings. The van der Waals surface area contributed by atoms with E-state index in [0.29, 0.717) is 12.8 Å². The Hall–Kier alpha value is -5.39. The third-order valence-electron chi connectivity index (χ3n) is 15.1. The molecule has 4 aromatic rings. The molecule has 23 heteroatoms. The molecule has 0 aliphatic carbocycles. The third kappa shape index (κ3) is 18.8. The first-order valence-electron chi connectivity index (χ1n) is 28.4. The van der Waals surface area contributed by atoms with Gasteiger partial charge in [-0.3, -0.25) is 28.0 Å². The van der Waals surface area contributed by atoms with Crippen LogP contribution in [-0.2, 0) is 108 Å². The van der Waals surface area contributed by atoms with Crippen molar-refractivity contribution >= 4 is 34.0 Å². The van der Waals surface area contributed by atoms with E-state index < -0.39 is 114 Å². The van der Waals surface area contributed by atoms with Crippen LogP contribution in [0.3, 0.4) is 0 Å². The molecule has 12 atom stereocenters. The number of esters is 2. The molecule has 0 spiro atoms. The second-order valence-corrected chi connectivity index (χ2v) is 28.6. The van der Waals surface area contributed by atoms with Crippen LogP contribution in [0.5, 0.6) is 0 Å². The fourth-order valence-corrected chi connectivity index (χ4v) is 11.8. The van der Waals surface area contributed by atoms with Gasteiger partial charge in [0.25, 0.3) is 0 Å². The molecule has 3 heterocycles. The van der Waals surface area contributed by atoms with Gasteiger partial charge in [0.2, 0.25) is 5.91 Å². The minimum Gasteiger partial charge on any atom is -0.462 e. The highest BCUT2D eigenvalue weighted by molar-refractivity contribution is 7.48. The summed E-state index contributed by atoms with van der Waals surface area (Å²) in [6.45, 7) is 14.7. The van der Waals surface area contributed by atoms with E-state index in [1.54, 1.807) is 13.8 Å². The second-order valence-electron chi connectivity index (χ2n) is 22.2. The Bertz CT molecular complexity index is 2750. The highest BCUT2D eigenvalue weighted by Gasteiger charge is 2.55. The lowest BCUT2D eigenvalue weighted by Gasteiger charge is -2.49. The van der Waals surface area contributed by atoms with E-state index in [9.17, 15) is 29.6 Å². The topological polar surface area (TPSA) is 260 Å².